The van der Waals surface area contributed by atoms with Crippen LogP contribution in [0.3, 0.4) is 0 Å². The third kappa shape index (κ3) is 4.74. The Morgan fingerprint density at radius 2 is 2.22 bits per heavy atom. The molecule has 0 bridgehead atoms. The molecule has 0 saturated carbocycles. The Balaban J connectivity index is 1.56. The second-order valence-electron chi connectivity index (χ2n) is 5.66. The van der Waals surface area contributed by atoms with Crippen molar-refractivity contribution in [2.45, 2.75) is 30.8 Å². The molecule has 3 heterocycles. The molecule has 0 saturated heterocycles. The number of anilines is 1. The zero-order chi connectivity index (χ0) is 19.4. The van der Waals surface area contributed by atoms with Gasteiger partial charge >= 0.3 is 0 Å². The standard InChI is InChI=1S/C16H18N6O3S2/c1-9-8-26-15(18-9)19-13(23)10(2)27-16-21-20-12(22(16)3)7-17-14(24)11-5-4-6-25-11/h4-6,8,10H,7H2,1-3H3,(H,17,24)(H,18,19,23)/t10-/m0/s1. The summed E-state index contributed by atoms with van der Waals surface area (Å²) in [6, 6.07) is 3.23. The number of hydrogen-bond donors (Lipinski definition) is 2. The zero-order valence-corrected chi connectivity index (χ0v) is 16.6. The van der Waals surface area contributed by atoms with Gasteiger partial charge in [0.25, 0.3) is 5.91 Å². The highest BCUT2D eigenvalue weighted by Gasteiger charge is 2.20. The molecule has 3 aromatic rings. The summed E-state index contributed by atoms with van der Waals surface area (Å²) in [5, 5.41) is 16.3. The summed E-state index contributed by atoms with van der Waals surface area (Å²) in [5.74, 6) is 0.309. The maximum atomic E-state index is 12.3. The number of amides is 2. The van der Waals surface area contributed by atoms with E-state index in [1.54, 1.807) is 30.7 Å². The molecule has 2 amide bonds. The lowest BCUT2D eigenvalue weighted by molar-refractivity contribution is -0.115. The normalized spacial score (nSPS) is 12.0. The summed E-state index contributed by atoms with van der Waals surface area (Å²) < 4.78 is 6.78. The quantitative estimate of drug-likeness (QED) is 0.578. The number of nitrogens with one attached hydrogen (secondary N) is 2. The van der Waals surface area contributed by atoms with Crippen LogP contribution in [0.15, 0.2) is 33.3 Å². The predicted molar refractivity (Wildman–Crippen MR) is 102 cm³/mol. The molecule has 11 heteroatoms. The van der Waals surface area contributed by atoms with E-state index in [2.05, 4.69) is 25.8 Å². The molecule has 3 rings (SSSR count). The summed E-state index contributed by atoms with van der Waals surface area (Å²) in [7, 11) is 1.78. The lowest BCUT2D eigenvalue weighted by Gasteiger charge is -2.10. The van der Waals surface area contributed by atoms with Crippen molar-refractivity contribution in [3.05, 3.63) is 41.1 Å². The molecular weight excluding hydrogens is 388 g/mol. The Morgan fingerprint density at radius 1 is 1.41 bits per heavy atom. The lowest BCUT2D eigenvalue weighted by atomic mass is 10.4. The van der Waals surface area contributed by atoms with E-state index in [4.69, 9.17) is 4.42 Å². The van der Waals surface area contributed by atoms with Crippen molar-refractivity contribution in [2.24, 2.45) is 7.05 Å². The molecule has 3 aromatic heterocycles. The molecule has 27 heavy (non-hydrogen) atoms. The first-order valence-corrected chi connectivity index (χ1v) is 9.79. The van der Waals surface area contributed by atoms with Crippen LogP contribution in [0.1, 0.15) is 29.0 Å². The van der Waals surface area contributed by atoms with Crippen LogP contribution in [0.4, 0.5) is 5.13 Å². The van der Waals surface area contributed by atoms with E-state index in [-0.39, 0.29) is 29.4 Å². The Morgan fingerprint density at radius 3 is 2.89 bits per heavy atom. The van der Waals surface area contributed by atoms with Crippen molar-refractivity contribution in [2.75, 3.05) is 5.32 Å². The van der Waals surface area contributed by atoms with E-state index < -0.39 is 0 Å². The number of rotatable bonds is 7. The second kappa shape index (κ2) is 8.35. The number of furan rings is 1. The summed E-state index contributed by atoms with van der Waals surface area (Å²) in [4.78, 5) is 28.4. The minimum Gasteiger partial charge on any atom is -0.459 e. The molecule has 0 aromatic carbocycles. The van der Waals surface area contributed by atoms with E-state index in [0.717, 1.165) is 5.69 Å². The Labute approximate surface area is 163 Å². The van der Waals surface area contributed by atoms with Crippen molar-refractivity contribution in [3.63, 3.8) is 0 Å². The maximum Gasteiger partial charge on any atom is 0.287 e. The second-order valence-corrected chi connectivity index (χ2v) is 7.83. The Bertz CT molecular complexity index is 934. The van der Waals surface area contributed by atoms with Gasteiger partial charge in [-0.25, -0.2) is 4.98 Å². The number of thioether (sulfide) groups is 1. The fourth-order valence-corrected chi connectivity index (χ4v) is 3.61. The van der Waals surface area contributed by atoms with Crippen LogP contribution in [0.5, 0.6) is 0 Å². The number of thiazole rings is 1. The Hall–Kier alpha value is -2.66. The van der Waals surface area contributed by atoms with Gasteiger partial charge in [-0.05, 0) is 26.0 Å². The minimum atomic E-state index is -0.386. The lowest BCUT2D eigenvalue weighted by Crippen LogP contribution is -2.24. The van der Waals surface area contributed by atoms with Crippen molar-refractivity contribution in [1.82, 2.24) is 25.1 Å². The van der Waals surface area contributed by atoms with Gasteiger partial charge in [-0.15, -0.1) is 21.5 Å². The van der Waals surface area contributed by atoms with E-state index in [0.29, 0.717) is 16.1 Å². The molecule has 142 valence electrons. The van der Waals surface area contributed by atoms with Crippen molar-refractivity contribution in [1.29, 1.82) is 0 Å². The van der Waals surface area contributed by atoms with Gasteiger partial charge in [0.1, 0.15) is 0 Å². The van der Waals surface area contributed by atoms with Crippen LogP contribution >= 0.6 is 23.1 Å². The largest absolute Gasteiger partial charge is 0.459 e. The molecule has 0 fully saturated rings. The van der Waals surface area contributed by atoms with Crippen molar-refractivity contribution < 1.29 is 14.0 Å². The number of carbonyl (C=O) groups excluding carboxylic acids is 2. The molecule has 0 aliphatic carbocycles. The van der Waals surface area contributed by atoms with Gasteiger partial charge in [-0.1, -0.05) is 11.8 Å². The van der Waals surface area contributed by atoms with Crippen LogP contribution in [0.2, 0.25) is 0 Å². The molecule has 9 nitrogen and oxygen atoms in total. The third-order valence-electron chi connectivity index (χ3n) is 3.58. The number of aromatic nitrogens is 4. The number of aryl methyl sites for hydroxylation is 1. The van der Waals surface area contributed by atoms with Gasteiger partial charge in [-0.3, -0.25) is 9.59 Å². The molecule has 2 N–H and O–H groups in total. The highest BCUT2D eigenvalue weighted by Crippen LogP contribution is 2.23. The molecule has 0 radical (unpaired) electrons. The van der Waals surface area contributed by atoms with Gasteiger partial charge in [0, 0.05) is 12.4 Å². The van der Waals surface area contributed by atoms with Crippen molar-refractivity contribution >= 4 is 40.0 Å². The Kier molecular flexibility index (Phi) is 5.91. The van der Waals surface area contributed by atoms with Gasteiger partial charge in [0.2, 0.25) is 5.91 Å². The van der Waals surface area contributed by atoms with E-state index in [1.165, 1.54) is 29.4 Å². The van der Waals surface area contributed by atoms with Gasteiger partial charge in [0.15, 0.2) is 21.9 Å². The average molecular weight is 406 g/mol. The molecule has 0 spiro atoms. The minimum absolute atomic E-state index is 0.162. The summed E-state index contributed by atoms with van der Waals surface area (Å²) in [5.41, 5.74) is 0.866. The zero-order valence-electron chi connectivity index (χ0n) is 14.9. The van der Waals surface area contributed by atoms with E-state index in [1.807, 2.05) is 12.3 Å². The van der Waals surface area contributed by atoms with Crippen molar-refractivity contribution in [3.8, 4) is 0 Å². The average Bonchev–Trinajstić information content (AvgIpc) is 3.37. The highest BCUT2D eigenvalue weighted by molar-refractivity contribution is 8.00. The van der Waals surface area contributed by atoms with Crippen LogP contribution in [-0.4, -0.2) is 36.8 Å². The van der Waals surface area contributed by atoms with Gasteiger partial charge in [-0.2, -0.15) is 0 Å². The molecule has 0 unspecified atom stereocenters. The van der Waals surface area contributed by atoms with Crippen LogP contribution < -0.4 is 10.6 Å². The van der Waals surface area contributed by atoms with Crippen LogP contribution in [-0.2, 0) is 18.4 Å². The van der Waals surface area contributed by atoms with E-state index >= 15 is 0 Å². The predicted octanol–water partition coefficient (Wildman–Crippen LogP) is 2.22. The summed E-state index contributed by atoms with van der Waals surface area (Å²) >= 11 is 2.66. The van der Waals surface area contributed by atoms with Crippen LogP contribution in [0.25, 0.3) is 0 Å². The fourth-order valence-electron chi connectivity index (χ4n) is 2.09. The fraction of sp³-hybridized carbons (Fsp3) is 0.312. The third-order valence-corrected chi connectivity index (χ3v) is 5.59. The summed E-state index contributed by atoms with van der Waals surface area (Å²) in [6.45, 7) is 3.85. The molecule has 0 aliphatic rings. The first-order chi connectivity index (χ1) is 12.9. The van der Waals surface area contributed by atoms with E-state index in [9.17, 15) is 9.59 Å². The first kappa shape index (κ1) is 19.1. The number of carbonyl (C=O) groups is 2. The monoisotopic (exact) mass is 406 g/mol. The topological polar surface area (TPSA) is 115 Å². The SMILES string of the molecule is Cc1csc(NC(=O)[C@H](C)Sc2nnc(CNC(=O)c3ccco3)n2C)n1. The maximum absolute atomic E-state index is 12.3. The summed E-state index contributed by atoms with van der Waals surface area (Å²) in [6.07, 6.45) is 1.44. The van der Waals surface area contributed by atoms with Gasteiger partial charge < -0.3 is 19.6 Å². The first-order valence-electron chi connectivity index (χ1n) is 8.03. The molecular formula is C16H18N6O3S2. The number of hydrogen-bond acceptors (Lipinski definition) is 8. The highest BCUT2D eigenvalue weighted by atomic mass is 32.2. The molecule has 1 atom stereocenters. The number of nitrogens with zero attached hydrogens (tertiary/aromatic N) is 4. The molecule has 0 aliphatic heterocycles. The van der Waals surface area contributed by atoms with Gasteiger partial charge in [0.05, 0.1) is 23.8 Å². The smallest absolute Gasteiger partial charge is 0.287 e. The van der Waals surface area contributed by atoms with Crippen LogP contribution in [0, 0.1) is 6.92 Å².